The number of nitrogens with zero attached hydrogens (tertiary/aromatic N) is 2. The van der Waals surface area contributed by atoms with Gasteiger partial charge in [0.05, 0.1) is 5.69 Å². The molecule has 0 aliphatic heterocycles. The molecule has 2 aromatic rings. The fourth-order valence-electron chi connectivity index (χ4n) is 1.68. The quantitative estimate of drug-likeness (QED) is 0.795. The highest BCUT2D eigenvalue weighted by Crippen LogP contribution is 2.24. The Morgan fingerprint density at radius 1 is 1.12 bits per heavy atom. The van der Waals surface area contributed by atoms with Crippen LogP contribution in [0.4, 0.5) is 5.95 Å². The minimum absolute atomic E-state index is 0.0376. The van der Waals surface area contributed by atoms with E-state index in [0.717, 1.165) is 11.3 Å². The van der Waals surface area contributed by atoms with E-state index < -0.39 is 0 Å². The third kappa shape index (κ3) is 1.94. The van der Waals surface area contributed by atoms with Crippen LogP contribution in [0.25, 0.3) is 11.3 Å². The first-order valence-corrected chi connectivity index (χ1v) is 5.39. The summed E-state index contributed by atoms with van der Waals surface area (Å²) in [5.41, 5.74) is 7.90. The molecule has 0 fully saturated rings. The molecule has 0 atom stereocenters. The van der Waals surface area contributed by atoms with Crippen LogP contribution in [0.2, 0.25) is 0 Å². The van der Waals surface area contributed by atoms with Gasteiger partial charge in [0.2, 0.25) is 5.95 Å². The molecule has 0 radical (unpaired) electrons. The highest BCUT2D eigenvalue weighted by atomic mass is 15.2. The van der Waals surface area contributed by atoms with E-state index in [9.17, 15) is 0 Å². The lowest BCUT2D eigenvalue weighted by molar-refractivity contribution is 0.403. The molecule has 0 spiro atoms. The maximum atomic E-state index is 5.92. The minimum atomic E-state index is -0.0376. The second kappa shape index (κ2) is 3.67. The summed E-state index contributed by atoms with van der Waals surface area (Å²) >= 11 is 0. The highest BCUT2D eigenvalue weighted by Gasteiger charge is 2.17. The molecule has 1 aromatic carbocycles. The van der Waals surface area contributed by atoms with Crippen molar-refractivity contribution in [2.24, 2.45) is 0 Å². The Bertz CT molecular complexity index is 478. The smallest absolute Gasteiger partial charge is 0.201 e. The molecule has 0 saturated heterocycles. The Morgan fingerprint density at radius 2 is 1.75 bits per heavy atom. The van der Waals surface area contributed by atoms with Crippen molar-refractivity contribution in [1.82, 2.24) is 9.55 Å². The molecule has 3 heteroatoms. The van der Waals surface area contributed by atoms with Crippen molar-refractivity contribution >= 4 is 5.95 Å². The van der Waals surface area contributed by atoms with Crippen LogP contribution >= 0.6 is 0 Å². The van der Waals surface area contributed by atoms with Crippen LogP contribution in [0.1, 0.15) is 20.8 Å². The van der Waals surface area contributed by atoms with Crippen molar-refractivity contribution in [3.05, 3.63) is 36.5 Å². The third-order valence-electron chi connectivity index (χ3n) is 2.53. The topological polar surface area (TPSA) is 43.8 Å². The number of hydrogen-bond donors (Lipinski definition) is 1. The number of hydrogen-bond acceptors (Lipinski definition) is 2. The first-order valence-electron chi connectivity index (χ1n) is 5.39. The van der Waals surface area contributed by atoms with Gasteiger partial charge in [0.15, 0.2) is 0 Å². The molecule has 0 unspecified atom stereocenters. The van der Waals surface area contributed by atoms with E-state index in [1.165, 1.54) is 0 Å². The van der Waals surface area contributed by atoms with Gasteiger partial charge in [-0.2, -0.15) is 0 Å². The van der Waals surface area contributed by atoms with Crippen LogP contribution in [0, 0.1) is 0 Å². The monoisotopic (exact) mass is 215 g/mol. The Hall–Kier alpha value is -1.77. The highest BCUT2D eigenvalue weighted by molar-refractivity contribution is 5.60. The number of benzene rings is 1. The fourth-order valence-corrected chi connectivity index (χ4v) is 1.68. The normalized spacial score (nSPS) is 11.7. The Balaban J connectivity index is 2.47. The molecule has 1 heterocycles. The standard InChI is InChI=1S/C13H17N3/c1-13(2,3)16-9-11(15-12(16)14)10-7-5-4-6-8-10/h4-9H,1-3H3,(H2,14,15). The second-order valence-electron chi connectivity index (χ2n) is 4.89. The van der Waals surface area contributed by atoms with Gasteiger partial charge in [-0.1, -0.05) is 30.3 Å². The first-order chi connectivity index (χ1) is 7.48. The van der Waals surface area contributed by atoms with E-state index in [1.54, 1.807) is 0 Å². The molecule has 0 saturated carbocycles. The maximum absolute atomic E-state index is 5.92. The van der Waals surface area contributed by atoms with E-state index in [2.05, 4.69) is 25.8 Å². The zero-order valence-electron chi connectivity index (χ0n) is 9.94. The molecule has 16 heavy (non-hydrogen) atoms. The summed E-state index contributed by atoms with van der Waals surface area (Å²) in [4.78, 5) is 4.39. The van der Waals surface area contributed by atoms with Crippen molar-refractivity contribution in [2.75, 3.05) is 5.73 Å². The molecule has 0 aliphatic rings. The molecular weight excluding hydrogens is 198 g/mol. The van der Waals surface area contributed by atoms with Gasteiger partial charge in [-0.25, -0.2) is 4.98 Å². The number of nitrogens with two attached hydrogens (primary N) is 1. The Labute approximate surface area is 95.9 Å². The van der Waals surface area contributed by atoms with Gasteiger partial charge < -0.3 is 10.3 Å². The zero-order valence-corrected chi connectivity index (χ0v) is 9.94. The van der Waals surface area contributed by atoms with Gasteiger partial charge in [0.1, 0.15) is 0 Å². The fraction of sp³-hybridized carbons (Fsp3) is 0.308. The molecule has 2 N–H and O–H groups in total. The summed E-state index contributed by atoms with van der Waals surface area (Å²) < 4.78 is 2.00. The second-order valence-corrected chi connectivity index (χ2v) is 4.89. The summed E-state index contributed by atoms with van der Waals surface area (Å²) in [6.07, 6.45) is 2.00. The van der Waals surface area contributed by atoms with E-state index in [0.29, 0.717) is 5.95 Å². The number of anilines is 1. The molecule has 2 rings (SSSR count). The molecular formula is C13H17N3. The Kier molecular flexibility index (Phi) is 2.46. The Morgan fingerprint density at radius 3 is 2.25 bits per heavy atom. The molecule has 84 valence electrons. The van der Waals surface area contributed by atoms with E-state index in [-0.39, 0.29) is 5.54 Å². The maximum Gasteiger partial charge on any atom is 0.201 e. The van der Waals surface area contributed by atoms with Gasteiger partial charge in [-0.3, -0.25) is 0 Å². The lowest BCUT2D eigenvalue weighted by Crippen LogP contribution is -2.22. The van der Waals surface area contributed by atoms with Crippen LogP contribution in [-0.2, 0) is 5.54 Å². The van der Waals surface area contributed by atoms with Crippen molar-refractivity contribution in [3.63, 3.8) is 0 Å². The summed E-state index contributed by atoms with van der Waals surface area (Å²) in [5, 5.41) is 0. The van der Waals surface area contributed by atoms with Gasteiger partial charge in [-0.15, -0.1) is 0 Å². The summed E-state index contributed by atoms with van der Waals surface area (Å²) in [6, 6.07) is 10.1. The van der Waals surface area contributed by atoms with Crippen LogP contribution in [0.3, 0.4) is 0 Å². The molecule has 3 nitrogen and oxygen atoms in total. The lowest BCUT2D eigenvalue weighted by atomic mass is 10.1. The van der Waals surface area contributed by atoms with Crippen molar-refractivity contribution in [2.45, 2.75) is 26.3 Å². The van der Waals surface area contributed by atoms with Crippen LogP contribution in [-0.4, -0.2) is 9.55 Å². The van der Waals surface area contributed by atoms with Crippen molar-refractivity contribution in [1.29, 1.82) is 0 Å². The van der Waals surface area contributed by atoms with Crippen molar-refractivity contribution < 1.29 is 0 Å². The molecule has 0 bridgehead atoms. The predicted molar refractivity (Wildman–Crippen MR) is 67.1 cm³/mol. The van der Waals surface area contributed by atoms with E-state index in [1.807, 2.05) is 41.1 Å². The van der Waals surface area contributed by atoms with Gasteiger partial charge in [0.25, 0.3) is 0 Å². The largest absolute Gasteiger partial charge is 0.369 e. The van der Waals surface area contributed by atoms with Gasteiger partial charge >= 0.3 is 0 Å². The first kappa shape index (κ1) is 10.7. The number of imidazole rings is 1. The lowest BCUT2D eigenvalue weighted by Gasteiger charge is -2.21. The molecule has 0 amide bonds. The van der Waals surface area contributed by atoms with Crippen LogP contribution in [0.15, 0.2) is 36.5 Å². The van der Waals surface area contributed by atoms with E-state index >= 15 is 0 Å². The third-order valence-corrected chi connectivity index (χ3v) is 2.53. The summed E-state index contributed by atoms with van der Waals surface area (Å²) in [5.74, 6) is 0.561. The minimum Gasteiger partial charge on any atom is -0.369 e. The van der Waals surface area contributed by atoms with Crippen LogP contribution in [0.5, 0.6) is 0 Å². The molecule has 0 aliphatic carbocycles. The summed E-state index contributed by atoms with van der Waals surface area (Å²) in [7, 11) is 0. The zero-order chi connectivity index (χ0) is 11.8. The van der Waals surface area contributed by atoms with Gasteiger partial charge in [-0.05, 0) is 20.8 Å². The average Bonchev–Trinajstić information content (AvgIpc) is 2.61. The van der Waals surface area contributed by atoms with Crippen molar-refractivity contribution in [3.8, 4) is 11.3 Å². The van der Waals surface area contributed by atoms with Gasteiger partial charge in [0, 0.05) is 17.3 Å². The number of nitrogen functional groups attached to an aromatic ring is 1. The van der Waals surface area contributed by atoms with Crippen LogP contribution < -0.4 is 5.73 Å². The molecule has 1 aromatic heterocycles. The van der Waals surface area contributed by atoms with E-state index in [4.69, 9.17) is 5.73 Å². The SMILES string of the molecule is CC(C)(C)n1cc(-c2ccccc2)nc1N. The number of rotatable bonds is 1. The number of aromatic nitrogens is 2. The predicted octanol–water partition coefficient (Wildman–Crippen LogP) is 2.89. The average molecular weight is 215 g/mol. The summed E-state index contributed by atoms with van der Waals surface area (Å²) in [6.45, 7) is 6.33.